The van der Waals surface area contributed by atoms with Crippen LogP contribution < -0.4 is 5.32 Å². The van der Waals surface area contributed by atoms with E-state index in [2.05, 4.69) is 24.8 Å². The second kappa shape index (κ2) is 7.20. The molecule has 4 rings (SSSR count). The third-order valence-corrected chi connectivity index (χ3v) is 4.99. The zero-order valence-corrected chi connectivity index (χ0v) is 15.1. The van der Waals surface area contributed by atoms with Gasteiger partial charge in [-0.15, -0.1) is 0 Å². The maximum Gasteiger partial charge on any atom is 0.323 e. The molecule has 0 spiro atoms. The number of carbonyl (C=O) groups is 1. The highest BCUT2D eigenvalue weighted by atomic mass is 32.1. The normalized spacial score (nSPS) is 17.3. The Hall–Kier alpha value is -2.81. The highest BCUT2D eigenvalue weighted by Crippen LogP contribution is 2.28. The molecule has 1 saturated heterocycles. The monoisotopic (exact) mass is 370 g/mol. The van der Waals surface area contributed by atoms with Crippen LogP contribution in [0, 0.1) is 6.92 Å². The summed E-state index contributed by atoms with van der Waals surface area (Å²) in [6.07, 6.45) is 1.80. The molecule has 1 aliphatic rings. The zero-order chi connectivity index (χ0) is 17.9. The van der Waals surface area contributed by atoms with E-state index < -0.39 is 0 Å². The van der Waals surface area contributed by atoms with Gasteiger partial charge in [-0.1, -0.05) is 35.5 Å². The van der Waals surface area contributed by atoms with Gasteiger partial charge in [-0.3, -0.25) is 5.32 Å². The minimum Gasteiger partial charge on any atom is -0.339 e. The van der Waals surface area contributed by atoms with Crippen LogP contribution in [0.4, 0.5) is 9.93 Å². The summed E-state index contributed by atoms with van der Waals surface area (Å²) < 4.78 is 9.54. The van der Waals surface area contributed by atoms with E-state index in [0.717, 1.165) is 18.4 Å². The maximum absolute atomic E-state index is 12.5. The lowest BCUT2D eigenvalue weighted by Gasteiger charge is -2.30. The Balaban J connectivity index is 1.43. The smallest absolute Gasteiger partial charge is 0.323 e. The largest absolute Gasteiger partial charge is 0.339 e. The van der Waals surface area contributed by atoms with Crippen LogP contribution in [-0.2, 0) is 0 Å². The molecule has 2 aromatic heterocycles. The summed E-state index contributed by atoms with van der Waals surface area (Å²) in [5, 5.41) is 7.39. The van der Waals surface area contributed by atoms with Crippen LogP contribution in [0.3, 0.4) is 0 Å². The average Bonchev–Trinajstić information content (AvgIpc) is 3.32. The van der Waals surface area contributed by atoms with Gasteiger partial charge < -0.3 is 9.42 Å². The molecule has 8 nitrogen and oxygen atoms in total. The lowest BCUT2D eigenvalue weighted by atomic mass is 9.98. The van der Waals surface area contributed by atoms with Crippen molar-refractivity contribution >= 4 is 22.7 Å². The number of aromatic nitrogens is 4. The second-order valence-corrected chi connectivity index (χ2v) is 6.94. The van der Waals surface area contributed by atoms with Crippen LogP contribution in [0.25, 0.3) is 11.4 Å². The number of nitrogens with zero attached hydrogens (tertiary/aromatic N) is 5. The Morgan fingerprint density at radius 2 is 2.15 bits per heavy atom. The van der Waals surface area contributed by atoms with Crippen molar-refractivity contribution in [1.29, 1.82) is 0 Å². The molecule has 1 aromatic carbocycles. The topological polar surface area (TPSA) is 97.0 Å². The van der Waals surface area contributed by atoms with E-state index in [1.54, 1.807) is 11.8 Å². The summed E-state index contributed by atoms with van der Waals surface area (Å²) in [5.74, 6) is 1.84. The van der Waals surface area contributed by atoms with Gasteiger partial charge in [-0.2, -0.15) is 9.36 Å². The summed E-state index contributed by atoms with van der Waals surface area (Å²) in [7, 11) is 0. The summed E-state index contributed by atoms with van der Waals surface area (Å²) in [6, 6.07) is 9.54. The van der Waals surface area contributed by atoms with Gasteiger partial charge >= 0.3 is 6.03 Å². The van der Waals surface area contributed by atoms with Gasteiger partial charge in [-0.25, -0.2) is 9.78 Å². The lowest BCUT2D eigenvalue weighted by molar-refractivity contribution is 0.184. The number of urea groups is 1. The number of nitrogens with one attached hydrogen (secondary N) is 1. The number of hydrogen-bond donors (Lipinski definition) is 1. The van der Waals surface area contributed by atoms with Crippen molar-refractivity contribution in [3.05, 3.63) is 42.0 Å². The van der Waals surface area contributed by atoms with E-state index >= 15 is 0 Å². The molecule has 0 radical (unpaired) electrons. The molecule has 0 unspecified atom stereocenters. The Bertz CT molecular complexity index is 894. The number of rotatable bonds is 3. The van der Waals surface area contributed by atoms with E-state index in [1.807, 2.05) is 30.3 Å². The highest BCUT2D eigenvalue weighted by Gasteiger charge is 2.29. The Kier molecular flexibility index (Phi) is 4.61. The molecular formula is C17H18N6O2S. The van der Waals surface area contributed by atoms with Crippen molar-refractivity contribution in [1.82, 2.24) is 24.4 Å². The fourth-order valence-corrected chi connectivity index (χ4v) is 3.55. The van der Waals surface area contributed by atoms with Crippen LogP contribution in [0.15, 0.2) is 34.9 Å². The molecule has 1 atom stereocenters. The maximum atomic E-state index is 12.5. The molecule has 0 aliphatic carbocycles. The van der Waals surface area contributed by atoms with Gasteiger partial charge in [0.1, 0.15) is 5.82 Å². The molecule has 9 heteroatoms. The molecule has 26 heavy (non-hydrogen) atoms. The SMILES string of the molecule is Cc1nsc(NC(=O)N2CCC[C@H](c3nc(-c4ccccc4)no3)C2)n1. The van der Waals surface area contributed by atoms with Crippen molar-refractivity contribution in [2.75, 3.05) is 18.4 Å². The number of anilines is 1. The fraction of sp³-hybridized carbons (Fsp3) is 0.353. The first-order chi connectivity index (χ1) is 12.7. The van der Waals surface area contributed by atoms with Crippen molar-refractivity contribution < 1.29 is 9.32 Å². The van der Waals surface area contributed by atoms with E-state index in [0.29, 0.717) is 35.8 Å². The molecule has 134 valence electrons. The number of amides is 2. The number of hydrogen-bond acceptors (Lipinski definition) is 7. The van der Waals surface area contributed by atoms with Crippen LogP contribution >= 0.6 is 11.5 Å². The standard InChI is InChI=1S/C17H18N6O2S/c1-11-18-16(26-22-11)20-17(24)23-9-5-8-13(10-23)15-19-14(21-25-15)12-6-3-2-4-7-12/h2-4,6-7,13H,5,8-10H2,1H3,(H,18,20,22,24)/t13-/m0/s1. The molecule has 1 fully saturated rings. The van der Waals surface area contributed by atoms with Gasteiger partial charge in [0.15, 0.2) is 0 Å². The molecule has 0 bridgehead atoms. The quantitative estimate of drug-likeness (QED) is 0.760. The van der Waals surface area contributed by atoms with Gasteiger partial charge in [-0.05, 0) is 19.8 Å². The first-order valence-corrected chi connectivity index (χ1v) is 9.21. The summed E-state index contributed by atoms with van der Waals surface area (Å²) in [4.78, 5) is 22.9. The summed E-state index contributed by atoms with van der Waals surface area (Å²) in [6.45, 7) is 3.03. The first-order valence-electron chi connectivity index (χ1n) is 8.44. The number of piperidine rings is 1. The number of likely N-dealkylation sites (tertiary alicyclic amines) is 1. The summed E-state index contributed by atoms with van der Waals surface area (Å²) in [5.41, 5.74) is 0.916. The number of benzene rings is 1. The molecule has 0 saturated carbocycles. The molecule has 1 aliphatic heterocycles. The number of aryl methyl sites for hydroxylation is 1. The minimum atomic E-state index is -0.173. The fourth-order valence-electron chi connectivity index (χ4n) is 2.99. The molecule has 1 N–H and O–H groups in total. The summed E-state index contributed by atoms with van der Waals surface area (Å²) >= 11 is 1.18. The van der Waals surface area contributed by atoms with Crippen molar-refractivity contribution in [2.24, 2.45) is 0 Å². The van der Waals surface area contributed by atoms with E-state index in [-0.39, 0.29) is 11.9 Å². The zero-order valence-electron chi connectivity index (χ0n) is 14.3. The van der Waals surface area contributed by atoms with Gasteiger partial charge in [0, 0.05) is 30.2 Å². The van der Waals surface area contributed by atoms with E-state index in [9.17, 15) is 4.79 Å². The number of carbonyl (C=O) groups excluding carboxylic acids is 1. The van der Waals surface area contributed by atoms with Gasteiger partial charge in [0.05, 0.1) is 5.92 Å². The predicted molar refractivity (Wildman–Crippen MR) is 96.9 cm³/mol. The third kappa shape index (κ3) is 3.57. The molecule has 3 heterocycles. The second-order valence-electron chi connectivity index (χ2n) is 6.18. The van der Waals surface area contributed by atoms with Gasteiger partial charge in [0.25, 0.3) is 0 Å². The van der Waals surface area contributed by atoms with Crippen molar-refractivity contribution in [3.8, 4) is 11.4 Å². The molecule has 3 aromatic rings. The average molecular weight is 370 g/mol. The third-order valence-electron chi connectivity index (χ3n) is 4.27. The molecular weight excluding hydrogens is 352 g/mol. The first kappa shape index (κ1) is 16.6. The Morgan fingerprint density at radius 3 is 2.92 bits per heavy atom. The highest BCUT2D eigenvalue weighted by molar-refractivity contribution is 7.09. The van der Waals surface area contributed by atoms with E-state index in [4.69, 9.17) is 4.52 Å². The Labute approximate surface area is 154 Å². The van der Waals surface area contributed by atoms with Crippen molar-refractivity contribution in [2.45, 2.75) is 25.7 Å². The predicted octanol–water partition coefficient (Wildman–Crippen LogP) is 3.31. The van der Waals surface area contributed by atoms with Crippen molar-refractivity contribution in [3.63, 3.8) is 0 Å². The van der Waals surface area contributed by atoms with Crippen LogP contribution in [0.1, 0.15) is 30.5 Å². The lowest BCUT2D eigenvalue weighted by Crippen LogP contribution is -2.41. The van der Waals surface area contributed by atoms with Crippen LogP contribution in [0.2, 0.25) is 0 Å². The van der Waals surface area contributed by atoms with Gasteiger partial charge in [0.2, 0.25) is 16.8 Å². The minimum absolute atomic E-state index is 0.0376. The molecule has 2 amide bonds. The van der Waals surface area contributed by atoms with E-state index in [1.165, 1.54) is 11.5 Å². The Morgan fingerprint density at radius 1 is 1.31 bits per heavy atom. The van der Waals surface area contributed by atoms with Crippen LogP contribution in [0.5, 0.6) is 0 Å². The van der Waals surface area contributed by atoms with Crippen LogP contribution in [-0.4, -0.2) is 43.5 Å².